The number of aliphatic hydroxyl groups is 3. The smallest absolute Gasteiger partial charge is 0.329 e. The number of anilines is 4. The van der Waals surface area contributed by atoms with E-state index in [1.807, 2.05) is 77.0 Å². The monoisotopic (exact) mass is 1880 g/mol. The van der Waals surface area contributed by atoms with Crippen molar-refractivity contribution in [2.45, 2.75) is 205 Å². The first-order valence-corrected chi connectivity index (χ1v) is 47.2. The van der Waals surface area contributed by atoms with Crippen molar-refractivity contribution in [1.29, 1.82) is 0 Å². The fraction of sp³-hybridized carbons (Fsp3) is 0.557. The maximum Gasteiger partial charge on any atom is 0.329 e. The van der Waals surface area contributed by atoms with Crippen molar-refractivity contribution < 1.29 is 91.2 Å². The Morgan fingerprint density at radius 1 is 0.721 bits per heavy atom. The molecule has 6 aromatic heterocycles. The number of hydrogen-bond acceptors (Lipinski definition) is 34. The molecule has 10 N–H and O–H groups in total. The Labute approximate surface area is 789 Å². The second-order valence-electron chi connectivity index (χ2n) is 36.5. The Morgan fingerprint density at radius 3 is 2.15 bits per heavy atom. The lowest BCUT2D eigenvalue weighted by Gasteiger charge is -2.42. The van der Waals surface area contributed by atoms with Crippen molar-refractivity contribution in [2.24, 2.45) is 35.3 Å². The zero-order chi connectivity index (χ0) is 96.3. The quantitative estimate of drug-likeness (QED) is 0.0110. The van der Waals surface area contributed by atoms with Gasteiger partial charge >= 0.3 is 5.97 Å². The molecule has 1 saturated carbocycles. The van der Waals surface area contributed by atoms with Crippen LogP contribution in [0, 0.1) is 29.6 Å². The summed E-state index contributed by atoms with van der Waals surface area (Å²) in [5.74, 6) is -8.12. The molecule has 3 amide bonds. The lowest BCUT2D eigenvalue weighted by molar-refractivity contribution is -0.265. The van der Waals surface area contributed by atoms with E-state index < -0.39 is 95.4 Å². The molecule has 14 rings (SSSR count). The minimum absolute atomic E-state index is 0.00618. The maximum absolute atomic E-state index is 14.8. The number of ether oxygens (including phenoxy) is 8. The number of piperazine rings is 1. The number of aromatic nitrogens is 12. The molecule has 15 atom stereocenters. The summed E-state index contributed by atoms with van der Waals surface area (Å²) >= 11 is 0. The number of piperidine rings is 1. The molecule has 11 heterocycles. The van der Waals surface area contributed by atoms with E-state index in [2.05, 4.69) is 63.6 Å². The van der Waals surface area contributed by atoms with Crippen molar-refractivity contribution in [3.05, 3.63) is 144 Å². The average molecular weight is 1880 g/mol. The second-order valence-corrected chi connectivity index (χ2v) is 36.5. The molecule has 0 spiro atoms. The van der Waals surface area contributed by atoms with Gasteiger partial charge in [-0.15, -0.1) is 5.10 Å². The Morgan fingerprint density at radius 2 is 1.43 bits per heavy atom. The number of aliphatic hydroxyl groups excluding tert-OH is 2. The zero-order valence-electron chi connectivity index (χ0n) is 78.7. The topological polar surface area (TPSA) is 509 Å². The number of rotatable bonds is 28. The van der Waals surface area contributed by atoms with E-state index in [1.54, 1.807) is 58.1 Å². The van der Waals surface area contributed by atoms with E-state index in [1.165, 1.54) is 37.3 Å². The molecule has 3 saturated heterocycles. The third-order valence-electron chi connectivity index (χ3n) is 26.8. The number of nitrogens with two attached hydrogens (primary N) is 3. The Kier molecular flexibility index (Phi) is 34.6. The highest BCUT2D eigenvalue weighted by Crippen LogP contribution is 2.41. The number of nitrogens with zero attached hydrogens (tertiary/aromatic N) is 16. The van der Waals surface area contributed by atoms with Crippen LogP contribution in [-0.4, -0.2) is 293 Å². The number of benzene rings is 2. The third kappa shape index (κ3) is 25.0. The Balaban J connectivity index is 0.482. The Hall–Kier alpha value is -11.6. The SMILES string of the molecule is CO[C@H]1C[C@@H]2CC[C@@H](C)[C@@](O)(O2)C(=O)C(=O)N2CCCC[C@H]2C(=O)O[C@H]([C@H](N)C[C@@H]2CC[C@H](n3cc(-c4cnc(N5CCN(c6ncc(C(=O)NCCOCCOCCOCCOCCC(=O)N7CCc8cc(Cn9nc(-c%10ccc%11oc(N)nc%11c%10)c%10c(N)ncnc%109)ccc8C7)cn6)CC5)nc4)nn3)[C@H](OC)C2)CC(=O)[C@H](C)/C=C(\C)[C@@H](O)[C@@H](O)C(=O)[C@H](C)C[C@H](C)/C=C/C=C/C=C/1C. The summed E-state index contributed by atoms with van der Waals surface area (Å²) in [5.41, 5.74) is 28.3. The number of carbonyl (C=O) groups is 7. The van der Waals surface area contributed by atoms with Crippen molar-refractivity contribution in [1.82, 2.24) is 74.8 Å². The number of carbonyl (C=O) groups excluding carboxylic acids is 7. The maximum atomic E-state index is 14.8. The van der Waals surface area contributed by atoms with E-state index in [0.717, 1.165) is 33.6 Å². The number of hydrogen-bond donors (Lipinski definition) is 7. The number of nitrogen functional groups attached to an aromatic ring is 2. The number of esters is 1. The first-order valence-electron chi connectivity index (χ1n) is 47.2. The highest BCUT2D eigenvalue weighted by Gasteiger charge is 2.53. The molecular formula is C97H128N20O19. The zero-order valence-corrected chi connectivity index (χ0v) is 78.7. The van der Waals surface area contributed by atoms with Crippen molar-refractivity contribution >= 4 is 86.9 Å². The molecule has 2 aromatic carbocycles. The number of oxazole rings is 1. The molecule has 8 aromatic rings. The van der Waals surface area contributed by atoms with Crippen LogP contribution >= 0.6 is 0 Å². The number of amides is 3. The predicted octanol–water partition coefficient (Wildman–Crippen LogP) is 7.20. The molecule has 136 heavy (non-hydrogen) atoms. The summed E-state index contributed by atoms with van der Waals surface area (Å²) in [4.78, 5) is 137. The van der Waals surface area contributed by atoms with Gasteiger partial charge in [-0.25, -0.2) is 44.1 Å². The highest BCUT2D eigenvalue weighted by molar-refractivity contribution is 6.39. The Bertz CT molecular complexity index is 5580. The van der Waals surface area contributed by atoms with Crippen LogP contribution in [0.1, 0.15) is 158 Å². The van der Waals surface area contributed by atoms with Crippen LogP contribution in [0.2, 0.25) is 0 Å². The van der Waals surface area contributed by atoms with Crippen molar-refractivity contribution in [2.75, 3.05) is 134 Å². The molecule has 2 bridgehead atoms. The average Bonchev–Trinajstić information content (AvgIpc) is 1.57. The number of Topliss-reactive ketones (excluding diaryl/α,β-unsaturated/α-hetero) is 3. The molecular weight excluding hydrogens is 1750 g/mol. The van der Waals surface area contributed by atoms with E-state index in [-0.39, 0.29) is 106 Å². The van der Waals surface area contributed by atoms with Gasteiger partial charge in [-0.05, 0) is 142 Å². The van der Waals surface area contributed by atoms with Crippen molar-refractivity contribution in [3.63, 3.8) is 0 Å². The van der Waals surface area contributed by atoms with Gasteiger partial charge < -0.3 is 99.7 Å². The lowest BCUT2D eigenvalue weighted by atomic mass is 9.79. The van der Waals surface area contributed by atoms with Gasteiger partial charge in [0.05, 0.1) is 107 Å². The largest absolute Gasteiger partial charge is 0.459 e. The molecule has 6 aliphatic rings. The molecule has 0 radical (unpaired) electrons. The van der Waals surface area contributed by atoms with Gasteiger partial charge in [0.2, 0.25) is 23.6 Å². The van der Waals surface area contributed by atoms with Gasteiger partial charge in [0.1, 0.15) is 59.2 Å². The normalized spacial score (nSPS) is 26.7. The van der Waals surface area contributed by atoms with Gasteiger partial charge in [0.15, 0.2) is 17.0 Å². The van der Waals surface area contributed by atoms with E-state index in [4.69, 9.17) is 74.6 Å². The molecule has 730 valence electrons. The van der Waals surface area contributed by atoms with E-state index >= 15 is 0 Å². The lowest BCUT2D eigenvalue weighted by Crippen LogP contribution is -2.61. The van der Waals surface area contributed by atoms with Crippen LogP contribution in [0.5, 0.6) is 0 Å². The number of fused-ring (bicyclic) bond motifs is 6. The summed E-state index contributed by atoms with van der Waals surface area (Å²) in [5, 5.41) is 52.3. The van der Waals surface area contributed by atoms with Crippen LogP contribution < -0.4 is 32.3 Å². The summed E-state index contributed by atoms with van der Waals surface area (Å²) in [6.45, 7) is 17.1. The molecule has 39 heteroatoms. The van der Waals surface area contributed by atoms with Gasteiger partial charge in [-0.3, -0.25) is 28.8 Å². The summed E-state index contributed by atoms with van der Waals surface area (Å²) in [7, 11) is 3.18. The first kappa shape index (κ1) is 100. The highest BCUT2D eigenvalue weighted by atomic mass is 16.6. The van der Waals surface area contributed by atoms with E-state index in [9.17, 15) is 48.9 Å². The van der Waals surface area contributed by atoms with Crippen LogP contribution in [0.3, 0.4) is 0 Å². The summed E-state index contributed by atoms with van der Waals surface area (Å²) in [6, 6.07) is 9.44. The fourth-order valence-electron chi connectivity index (χ4n) is 18.8. The minimum Gasteiger partial charge on any atom is -0.459 e. The standard InChI is InChI=1S/C97H128N20O19/c1-58-14-10-9-11-15-59(2)79(128-7)48-71-22-17-63(6)97(127,136-71)88(123)92(125)115-28-13-12-16-76(115)93(126)134-80(49-77(118)60(3)43-62(5)86(121)87(122)85(120)61(4)42-58)72(98)45-64-19-23-75(81(46-64)129-8)116-56-74(109-111-116)69-50-102-95(103-51-69)112-30-32-113(33-31-112)96-104-52-70(53-105-96)91(124)101-27-35-131-37-39-133-41-40-132-38-36-130-34-26-82(119)114-29-25-66-44-65(18-20-68(66)55-114)54-117-90-83(89(99)106-57-107-90)84(110-117)67-21-24-78-73(47-67)108-94(100)135-78/h9-11,14-15,18,20-21,24,43-44,47,50-53,56-58,60-61,63-64,71-72,75-76,79-81,86-87,121-122,127H,12-13,16-17,19,22-23,25-42,45-46,48-49,54-55,98H2,1-8H3,(H2,100,108)(H,101,124)(H2,99,106,107)/b11-9+,14-10+,59-15+,62-43+/t58-,60-,61-,63-,64+,71+,72-,75+,76+,79+,80+,81-,86-,87+,97-/m1/s1. The van der Waals surface area contributed by atoms with Crippen molar-refractivity contribution in [3.8, 4) is 22.5 Å². The van der Waals surface area contributed by atoms with Gasteiger partial charge in [-0.1, -0.05) is 87.6 Å². The number of nitrogens with one attached hydrogen (secondary N) is 1. The van der Waals surface area contributed by atoms with Crippen LogP contribution in [0.15, 0.2) is 126 Å². The van der Waals surface area contributed by atoms with Gasteiger partial charge in [0, 0.05) is 139 Å². The number of allylic oxidation sites excluding steroid dienone is 6. The van der Waals surface area contributed by atoms with Crippen LogP contribution in [-0.2, 0) is 86.2 Å². The molecule has 5 aliphatic heterocycles. The first-order chi connectivity index (χ1) is 65.6. The minimum atomic E-state index is -2.51. The number of cyclic esters (lactones) is 1. The summed E-state index contributed by atoms with van der Waals surface area (Å²) in [6.07, 6.45) is 19.5. The van der Waals surface area contributed by atoms with Crippen LogP contribution in [0.4, 0.5) is 23.7 Å². The molecule has 1 aliphatic carbocycles. The third-order valence-corrected chi connectivity index (χ3v) is 26.8. The van der Waals surface area contributed by atoms with E-state index in [0.29, 0.717) is 199 Å². The number of ketones is 3. The molecule has 4 fully saturated rings. The molecule has 0 unspecified atom stereocenters. The predicted molar refractivity (Wildman–Crippen MR) is 502 cm³/mol. The van der Waals surface area contributed by atoms with Crippen LogP contribution in [0.25, 0.3) is 44.6 Å². The molecule has 39 nitrogen and oxygen atoms in total. The number of methoxy groups -OCH3 is 2. The summed E-state index contributed by atoms with van der Waals surface area (Å²) < 4.78 is 56.4. The van der Waals surface area contributed by atoms with Gasteiger partial charge in [-0.2, -0.15) is 10.1 Å². The second kappa shape index (κ2) is 46.9. The fourth-order valence-corrected chi connectivity index (χ4v) is 18.8. The van der Waals surface area contributed by atoms with Gasteiger partial charge in [0.25, 0.3) is 23.6 Å².